The molecule has 0 saturated heterocycles. The molecule has 0 fully saturated rings. The van der Waals surface area contributed by atoms with Gasteiger partial charge in [0.15, 0.2) is 14.8 Å². The summed E-state index contributed by atoms with van der Waals surface area (Å²) in [4.78, 5) is 16.8. The number of hydrogen-bond donors (Lipinski definition) is 1. The van der Waals surface area contributed by atoms with E-state index in [-0.39, 0.29) is 22.2 Å². The third kappa shape index (κ3) is 6.64. The Morgan fingerprint density at radius 2 is 2.00 bits per heavy atom. The first-order valence-electron chi connectivity index (χ1n) is 9.30. The smallest absolute Gasteiger partial charge is 0.355 e. The van der Waals surface area contributed by atoms with Crippen LogP contribution in [0.15, 0.2) is 70.2 Å². The van der Waals surface area contributed by atoms with Crippen molar-refractivity contribution in [3.63, 3.8) is 0 Å². The fraction of sp³-hybridized carbons (Fsp3) is 0.143. The van der Waals surface area contributed by atoms with Gasteiger partial charge in [-0.15, -0.1) is 22.0 Å². The number of carbonyl (C=O) groups is 1. The molecule has 0 aliphatic heterocycles. The predicted molar refractivity (Wildman–Crippen MR) is 133 cm³/mol. The van der Waals surface area contributed by atoms with E-state index in [2.05, 4.69) is 15.2 Å². The number of thioether (sulfide) groups is 1. The van der Waals surface area contributed by atoms with Gasteiger partial charge in [-0.3, -0.25) is 0 Å². The summed E-state index contributed by atoms with van der Waals surface area (Å²) >= 11 is 8.74. The molecular weight excluding hydrogens is 504 g/mol. The van der Waals surface area contributed by atoms with E-state index in [9.17, 15) is 13.2 Å². The van der Waals surface area contributed by atoms with Gasteiger partial charge in [-0.05, 0) is 36.6 Å². The number of aromatic nitrogens is 2. The Kier molecular flexibility index (Phi) is 8.25. The normalized spacial score (nSPS) is 12.6. The molecule has 0 atom stereocenters. The lowest BCUT2D eigenvalue weighted by Gasteiger charge is -2.04. The Bertz CT molecular complexity index is 1340. The maximum Gasteiger partial charge on any atom is 0.355 e. The highest BCUT2D eigenvalue weighted by Crippen LogP contribution is 2.29. The molecule has 3 rings (SSSR count). The Hall–Kier alpha value is -2.73. The lowest BCUT2D eigenvalue weighted by molar-refractivity contribution is -0.136. The highest BCUT2D eigenvalue weighted by molar-refractivity contribution is 7.98. The van der Waals surface area contributed by atoms with E-state index in [1.807, 2.05) is 0 Å². The molecule has 2 N–H and O–H groups in total. The minimum absolute atomic E-state index is 0.157. The van der Waals surface area contributed by atoms with Crippen LogP contribution in [-0.2, 0) is 19.4 Å². The van der Waals surface area contributed by atoms with Crippen LogP contribution in [0.25, 0.3) is 10.6 Å². The Labute approximate surface area is 204 Å². The van der Waals surface area contributed by atoms with Crippen molar-refractivity contribution in [2.75, 3.05) is 18.5 Å². The van der Waals surface area contributed by atoms with Crippen LogP contribution < -0.4 is 5.73 Å². The number of halogens is 1. The van der Waals surface area contributed by atoms with Gasteiger partial charge < -0.3 is 10.5 Å². The van der Waals surface area contributed by atoms with Crippen LogP contribution in [0.3, 0.4) is 0 Å². The second kappa shape index (κ2) is 10.9. The van der Waals surface area contributed by atoms with Gasteiger partial charge in [0, 0.05) is 11.8 Å². The quantitative estimate of drug-likeness (QED) is 0.203. The minimum atomic E-state index is -3.38. The average Bonchev–Trinajstić information content (AvgIpc) is 3.28. The largest absolute Gasteiger partial charge is 0.450 e. The molecule has 8 nitrogen and oxygen atoms in total. The van der Waals surface area contributed by atoms with Crippen LogP contribution in [0.1, 0.15) is 5.01 Å². The summed E-state index contributed by atoms with van der Waals surface area (Å²) in [5.74, 6) is -0.536. The first-order valence-corrected chi connectivity index (χ1v) is 13.8. The molecule has 0 spiro atoms. The Balaban J connectivity index is 2.05. The van der Waals surface area contributed by atoms with Crippen LogP contribution in [-0.4, -0.2) is 48.7 Å². The van der Waals surface area contributed by atoms with Crippen LogP contribution in [0, 0.1) is 0 Å². The third-order valence-electron chi connectivity index (χ3n) is 4.08. The summed E-state index contributed by atoms with van der Waals surface area (Å²) < 4.78 is 28.8. The summed E-state index contributed by atoms with van der Waals surface area (Å²) in [5.41, 5.74) is 7.05. The Morgan fingerprint density at radius 3 is 2.70 bits per heavy atom. The number of sulfone groups is 1. The van der Waals surface area contributed by atoms with Crippen LogP contribution in [0.5, 0.6) is 0 Å². The topological polar surface area (TPSA) is 125 Å². The highest BCUT2D eigenvalue weighted by atomic mass is 35.5. The van der Waals surface area contributed by atoms with Crippen molar-refractivity contribution >= 4 is 61.9 Å². The van der Waals surface area contributed by atoms with E-state index in [4.69, 9.17) is 22.1 Å². The second-order valence-electron chi connectivity index (χ2n) is 6.60. The number of ether oxygens (including phenoxy) is 1. The molecule has 0 radical (unpaired) electrons. The SMILES string of the molecule is CSCOC(=O)C(N)=CC(=Nc1ccccc1Cl)c1nnc(-c2cccc(S(C)(=O)=O)c2)s1. The van der Waals surface area contributed by atoms with Crippen molar-refractivity contribution in [2.45, 2.75) is 4.90 Å². The van der Waals surface area contributed by atoms with Gasteiger partial charge >= 0.3 is 5.97 Å². The molecule has 3 aromatic rings. The molecule has 2 aromatic carbocycles. The van der Waals surface area contributed by atoms with E-state index in [0.29, 0.717) is 26.3 Å². The molecule has 0 unspecified atom stereocenters. The summed E-state index contributed by atoms with van der Waals surface area (Å²) in [5, 5.41) is 9.57. The average molecular weight is 523 g/mol. The molecule has 1 heterocycles. The number of para-hydroxylation sites is 1. The number of benzene rings is 2. The first-order chi connectivity index (χ1) is 15.7. The number of nitrogens with two attached hydrogens (primary N) is 1. The Morgan fingerprint density at radius 1 is 1.24 bits per heavy atom. The standard InChI is InChI=1S/C21H19ClN4O4S3/c1-31-12-30-21(27)16(23)11-18(24-17-9-4-3-8-15(17)22)20-26-25-19(32-20)13-6-5-7-14(10-13)33(2,28)29/h3-11H,12,23H2,1-2H3. The molecule has 12 heteroatoms. The van der Waals surface area contributed by atoms with Gasteiger partial charge in [0.25, 0.3) is 0 Å². The van der Waals surface area contributed by atoms with Crippen molar-refractivity contribution < 1.29 is 17.9 Å². The molecular formula is C21H19ClN4O4S3. The summed E-state index contributed by atoms with van der Waals surface area (Å²) in [6.07, 6.45) is 4.28. The number of allylic oxidation sites excluding steroid dienone is 1. The van der Waals surface area contributed by atoms with Crippen LogP contribution in [0.2, 0.25) is 5.02 Å². The number of hydrogen-bond acceptors (Lipinski definition) is 10. The van der Waals surface area contributed by atoms with Crippen molar-refractivity contribution in [3.05, 3.63) is 70.3 Å². The monoisotopic (exact) mass is 522 g/mol. The maximum atomic E-state index is 12.1. The zero-order valence-corrected chi connectivity index (χ0v) is 20.8. The molecule has 172 valence electrons. The number of esters is 1. The van der Waals surface area contributed by atoms with E-state index in [0.717, 1.165) is 17.6 Å². The fourth-order valence-corrected chi connectivity index (χ4v) is 4.39. The molecule has 0 amide bonds. The summed E-state index contributed by atoms with van der Waals surface area (Å²) in [7, 11) is -3.38. The van der Waals surface area contributed by atoms with Crippen molar-refractivity contribution in [2.24, 2.45) is 10.7 Å². The van der Waals surface area contributed by atoms with Gasteiger partial charge in [-0.2, -0.15) is 0 Å². The van der Waals surface area contributed by atoms with Gasteiger partial charge in [0.1, 0.15) is 22.4 Å². The number of nitrogens with zero attached hydrogens (tertiary/aromatic N) is 3. The first kappa shape index (κ1) is 24.9. The van der Waals surface area contributed by atoms with Gasteiger partial charge in [-0.1, -0.05) is 47.2 Å². The van der Waals surface area contributed by atoms with Gasteiger partial charge in [-0.25, -0.2) is 18.2 Å². The van der Waals surface area contributed by atoms with Gasteiger partial charge in [0.05, 0.1) is 15.6 Å². The molecule has 0 bridgehead atoms. The highest BCUT2D eigenvalue weighted by Gasteiger charge is 2.16. The van der Waals surface area contributed by atoms with Crippen molar-refractivity contribution in [1.82, 2.24) is 10.2 Å². The molecule has 1 aromatic heterocycles. The van der Waals surface area contributed by atoms with E-state index >= 15 is 0 Å². The van der Waals surface area contributed by atoms with Crippen LogP contribution >= 0.6 is 34.7 Å². The predicted octanol–water partition coefficient (Wildman–Crippen LogP) is 4.09. The van der Waals surface area contributed by atoms with E-state index in [1.54, 1.807) is 42.7 Å². The zero-order valence-electron chi connectivity index (χ0n) is 17.6. The van der Waals surface area contributed by atoms with Crippen LogP contribution in [0.4, 0.5) is 5.69 Å². The lowest BCUT2D eigenvalue weighted by Crippen LogP contribution is -2.16. The lowest BCUT2D eigenvalue weighted by atomic mass is 10.2. The van der Waals surface area contributed by atoms with Crippen molar-refractivity contribution in [3.8, 4) is 10.6 Å². The summed E-state index contributed by atoms with van der Waals surface area (Å²) in [6, 6.07) is 13.3. The van der Waals surface area contributed by atoms with Gasteiger partial charge in [0.2, 0.25) is 0 Å². The molecule has 0 aliphatic carbocycles. The molecule has 33 heavy (non-hydrogen) atoms. The number of rotatable bonds is 8. The molecule has 0 aliphatic rings. The van der Waals surface area contributed by atoms with E-state index < -0.39 is 15.8 Å². The number of carbonyl (C=O) groups excluding carboxylic acids is 1. The van der Waals surface area contributed by atoms with Crippen molar-refractivity contribution in [1.29, 1.82) is 0 Å². The second-order valence-corrected chi connectivity index (χ2v) is 10.8. The third-order valence-corrected chi connectivity index (χ3v) is 6.86. The summed E-state index contributed by atoms with van der Waals surface area (Å²) in [6.45, 7) is 0. The van der Waals surface area contributed by atoms with E-state index in [1.165, 1.54) is 30.0 Å². The minimum Gasteiger partial charge on any atom is -0.450 e. The zero-order chi connectivity index (χ0) is 24.0. The number of aliphatic imine (C=N–C) groups is 1. The molecule has 0 saturated carbocycles. The fourth-order valence-electron chi connectivity index (χ4n) is 2.52. The maximum absolute atomic E-state index is 12.1.